The molecule has 172 valence electrons. The largest absolute Gasteiger partial charge is 0.484 e. The molecular weight excluding hydrogens is 423 g/mol. The van der Waals surface area contributed by atoms with E-state index >= 15 is 0 Å². The van der Waals surface area contributed by atoms with Gasteiger partial charge >= 0.3 is 6.18 Å². The first-order valence-electron chi connectivity index (χ1n) is 9.91. The van der Waals surface area contributed by atoms with Crippen LogP contribution < -0.4 is 10.1 Å². The lowest BCUT2D eigenvalue weighted by Crippen LogP contribution is -2.24. The van der Waals surface area contributed by atoms with Crippen molar-refractivity contribution in [2.75, 3.05) is 20.3 Å². The van der Waals surface area contributed by atoms with E-state index < -0.39 is 18.7 Å². The highest BCUT2D eigenvalue weighted by atomic mass is 19.4. The molecule has 0 aliphatic heterocycles. The van der Waals surface area contributed by atoms with Gasteiger partial charge in [-0.05, 0) is 56.2 Å². The summed E-state index contributed by atoms with van der Waals surface area (Å²) in [5, 5.41) is 12.1. The van der Waals surface area contributed by atoms with Crippen molar-refractivity contribution in [2.24, 2.45) is 0 Å². The van der Waals surface area contributed by atoms with Crippen molar-refractivity contribution < 1.29 is 27.4 Å². The van der Waals surface area contributed by atoms with Crippen LogP contribution in [0.4, 0.5) is 13.2 Å². The van der Waals surface area contributed by atoms with Gasteiger partial charge in [0.15, 0.2) is 6.61 Å². The number of hydrogen-bond donors (Lipinski definition) is 1. The number of amides is 1. The monoisotopic (exact) mass is 449 g/mol. The Bertz CT molecular complexity index is 1000. The van der Waals surface area contributed by atoms with E-state index in [9.17, 15) is 23.2 Å². The molecule has 1 aromatic heterocycles. The molecule has 0 fully saturated rings. The topological polar surface area (TPSA) is 76.3 Å². The molecule has 2 aromatic rings. The van der Waals surface area contributed by atoms with Gasteiger partial charge in [-0.1, -0.05) is 12.1 Å². The molecule has 1 N–H and O–H groups in total. The summed E-state index contributed by atoms with van der Waals surface area (Å²) in [5.74, 6) is -0.465. The van der Waals surface area contributed by atoms with Crippen LogP contribution in [0.2, 0.25) is 0 Å². The predicted molar refractivity (Wildman–Crippen MR) is 114 cm³/mol. The van der Waals surface area contributed by atoms with Crippen LogP contribution in [0.25, 0.3) is 6.08 Å². The molecule has 1 unspecified atom stereocenters. The molecule has 32 heavy (non-hydrogen) atoms. The van der Waals surface area contributed by atoms with Gasteiger partial charge < -0.3 is 19.4 Å². The number of carbonyl (C=O) groups excluding carboxylic acids is 1. The first kappa shape index (κ1) is 25.0. The van der Waals surface area contributed by atoms with Crippen molar-refractivity contribution in [2.45, 2.75) is 39.5 Å². The van der Waals surface area contributed by atoms with Gasteiger partial charge in [0.25, 0.3) is 5.91 Å². The van der Waals surface area contributed by atoms with Crippen LogP contribution in [0.15, 0.2) is 35.9 Å². The number of alkyl halides is 3. The number of benzene rings is 1. The van der Waals surface area contributed by atoms with Crippen molar-refractivity contribution >= 4 is 12.0 Å². The Balaban J connectivity index is 2.05. The van der Waals surface area contributed by atoms with Gasteiger partial charge in [0.1, 0.15) is 17.4 Å². The Hall–Kier alpha value is -3.25. The minimum atomic E-state index is -4.41. The second-order valence-electron chi connectivity index (χ2n) is 7.40. The summed E-state index contributed by atoms with van der Waals surface area (Å²) in [4.78, 5) is 12.5. The van der Waals surface area contributed by atoms with E-state index in [0.717, 1.165) is 17.0 Å². The van der Waals surface area contributed by atoms with Crippen LogP contribution >= 0.6 is 0 Å². The molecule has 9 heteroatoms. The lowest BCUT2D eigenvalue weighted by molar-refractivity contribution is -0.153. The first-order chi connectivity index (χ1) is 15.1. The van der Waals surface area contributed by atoms with Crippen LogP contribution in [-0.4, -0.2) is 37.0 Å². The van der Waals surface area contributed by atoms with E-state index in [1.807, 2.05) is 32.9 Å². The minimum Gasteiger partial charge on any atom is -0.484 e. The van der Waals surface area contributed by atoms with Crippen LogP contribution in [-0.2, 0) is 16.1 Å². The third kappa shape index (κ3) is 6.89. The minimum absolute atomic E-state index is 0.0465. The summed E-state index contributed by atoms with van der Waals surface area (Å²) in [7, 11) is 1.63. The average molecular weight is 449 g/mol. The second kappa shape index (κ2) is 10.9. The summed E-state index contributed by atoms with van der Waals surface area (Å²) in [6, 6.07) is 9.82. The van der Waals surface area contributed by atoms with Crippen LogP contribution in [0, 0.1) is 25.2 Å². The zero-order valence-corrected chi connectivity index (χ0v) is 18.4. The number of nitrogens with zero attached hydrogens (tertiary/aromatic N) is 2. The highest BCUT2D eigenvalue weighted by Crippen LogP contribution is 2.23. The predicted octanol–water partition coefficient (Wildman–Crippen LogP) is 4.48. The summed E-state index contributed by atoms with van der Waals surface area (Å²) >= 11 is 0. The fraction of sp³-hybridized carbons (Fsp3) is 0.391. The lowest BCUT2D eigenvalue weighted by Gasteiger charge is -2.17. The zero-order chi connectivity index (χ0) is 23.9. The van der Waals surface area contributed by atoms with Crippen LogP contribution in [0.1, 0.15) is 35.5 Å². The summed E-state index contributed by atoms with van der Waals surface area (Å²) in [5.41, 5.74) is 3.28. The zero-order valence-electron chi connectivity index (χ0n) is 18.4. The fourth-order valence-electron chi connectivity index (χ4n) is 3.39. The molecule has 0 bridgehead atoms. The summed E-state index contributed by atoms with van der Waals surface area (Å²) in [6.45, 7) is 5.16. The second-order valence-corrected chi connectivity index (χ2v) is 7.40. The van der Waals surface area contributed by atoms with E-state index in [-0.39, 0.29) is 23.9 Å². The number of carbonyl (C=O) groups is 1. The third-order valence-electron chi connectivity index (χ3n) is 4.82. The van der Waals surface area contributed by atoms with Crippen molar-refractivity contribution in [1.29, 1.82) is 5.26 Å². The molecule has 0 aliphatic rings. The average Bonchev–Trinajstić information content (AvgIpc) is 3.02. The number of rotatable bonds is 9. The third-order valence-corrected chi connectivity index (χ3v) is 4.82. The molecule has 6 nitrogen and oxygen atoms in total. The van der Waals surface area contributed by atoms with Gasteiger partial charge in [-0.15, -0.1) is 0 Å². The number of hydrogen-bond acceptors (Lipinski definition) is 4. The highest BCUT2D eigenvalue weighted by Gasteiger charge is 2.28. The van der Waals surface area contributed by atoms with Gasteiger partial charge in [-0.25, -0.2) is 0 Å². The van der Waals surface area contributed by atoms with Crippen molar-refractivity contribution in [3.05, 3.63) is 58.4 Å². The Labute approximate surface area is 185 Å². The normalized spacial score (nSPS) is 12.9. The van der Waals surface area contributed by atoms with Crippen molar-refractivity contribution in [3.63, 3.8) is 0 Å². The first-order valence-corrected chi connectivity index (χ1v) is 9.91. The molecule has 0 spiro atoms. The van der Waals surface area contributed by atoms with E-state index in [1.54, 1.807) is 25.3 Å². The van der Waals surface area contributed by atoms with E-state index in [4.69, 9.17) is 4.74 Å². The van der Waals surface area contributed by atoms with E-state index in [0.29, 0.717) is 12.2 Å². The Kier molecular flexibility index (Phi) is 8.49. The molecule has 1 heterocycles. The Morgan fingerprint density at radius 1 is 1.28 bits per heavy atom. The fourth-order valence-corrected chi connectivity index (χ4v) is 3.39. The lowest BCUT2D eigenvalue weighted by atomic mass is 10.1. The molecule has 1 atom stereocenters. The molecule has 0 aliphatic carbocycles. The Morgan fingerprint density at radius 3 is 2.50 bits per heavy atom. The van der Waals surface area contributed by atoms with Gasteiger partial charge in [0.2, 0.25) is 0 Å². The highest BCUT2D eigenvalue weighted by molar-refractivity contribution is 6.01. The number of aromatic nitrogens is 1. The van der Waals surface area contributed by atoms with Gasteiger partial charge in [-0.2, -0.15) is 18.4 Å². The molecule has 1 aromatic carbocycles. The Morgan fingerprint density at radius 2 is 1.94 bits per heavy atom. The maximum atomic E-state index is 12.5. The van der Waals surface area contributed by atoms with Crippen LogP contribution in [0.3, 0.4) is 0 Å². The van der Waals surface area contributed by atoms with Crippen LogP contribution in [0.5, 0.6) is 5.75 Å². The number of nitrogens with one attached hydrogen (secondary N) is 1. The SMILES string of the molecule is COCC(C)n1c(C)cc(/C=C(\C#N)C(=O)NCc2ccc(OCC(F)(F)F)cc2)c1C. The van der Waals surface area contributed by atoms with Gasteiger partial charge in [0.05, 0.1) is 12.6 Å². The smallest absolute Gasteiger partial charge is 0.422 e. The number of aryl methyl sites for hydroxylation is 1. The number of nitriles is 1. The number of ether oxygens (including phenoxy) is 2. The summed E-state index contributed by atoms with van der Waals surface area (Å²) < 4.78 is 48.6. The maximum Gasteiger partial charge on any atom is 0.422 e. The van der Waals surface area contributed by atoms with Crippen molar-refractivity contribution in [1.82, 2.24) is 9.88 Å². The number of halogens is 3. The molecule has 0 radical (unpaired) electrons. The van der Waals surface area contributed by atoms with Gasteiger partial charge in [0, 0.05) is 25.0 Å². The number of methoxy groups -OCH3 is 1. The van der Waals surface area contributed by atoms with Crippen molar-refractivity contribution in [3.8, 4) is 11.8 Å². The quantitative estimate of drug-likeness (QED) is 0.453. The molecular formula is C23H26F3N3O3. The molecule has 0 saturated carbocycles. The maximum absolute atomic E-state index is 12.5. The molecule has 0 saturated heterocycles. The molecule has 1 amide bonds. The summed E-state index contributed by atoms with van der Waals surface area (Å²) in [6.07, 6.45) is -2.87. The van der Waals surface area contributed by atoms with E-state index in [2.05, 4.69) is 14.6 Å². The van der Waals surface area contributed by atoms with E-state index in [1.165, 1.54) is 12.1 Å². The molecule has 2 rings (SSSR count). The van der Waals surface area contributed by atoms with Gasteiger partial charge in [-0.3, -0.25) is 4.79 Å². The standard InChI is InChI=1S/C23H26F3N3O3/c1-15-9-19(17(3)29(15)16(2)13-31-4)10-20(11-27)22(30)28-12-18-5-7-21(8-6-18)32-14-23(24,25)26/h5-10,16H,12-14H2,1-4H3,(H,28,30)/b20-10+.